The molecule has 2 rings (SSSR count). The van der Waals surface area contributed by atoms with E-state index in [0.717, 1.165) is 25.0 Å². The maximum Gasteiger partial charge on any atom is 0.122 e. The van der Waals surface area contributed by atoms with E-state index in [4.69, 9.17) is 10.5 Å². The van der Waals surface area contributed by atoms with Crippen molar-refractivity contribution in [3.05, 3.63) is 28.8 Å². The molecule has 0 aliphatic heterocycles. The SMILES string of the molecule is COc1ccc(C)c(C)c1CC1(N)CC1. The van der Waals surface area contributed by atoms with E-state index in [1.807, 2.05) is 6.07 Å². The van der Waals surface area contributed by atoms with E-state index < -0.39 is 0 Å². The summed E-state index contributed by atoms with van der Waals surface area (Å²) in [6.07, 6.45) is 3.23. The highest BCUT2D eigenvalue weighted by Gasteiger charge is 2.39. The molecule has 0 amide bonds. The Balaban J connectivity index is 2.37. The summed E-state index contributed by atoms with van der Waals surface area (Å²) in [5, 5.41) is 0. The molecule has 0 atom stereocenters. The highest BCUT2D eigenvalue weighted by molar-refractivity contribution is 5.45. The summed E-state index contributed by atoms with van der Waals surface area (Å²) in [7, 11) is 1.73. The number of nitrogens with two attached hydrogens (primary N) is 1. The minimum atomic E-state index is 0.0475. The number of methoxy groups -OCH3 is 1. The van der Waals surface area contributed by atoms with Gasteiger partial charge in [-0.3, -0.25) is 0 Å². The van der Waals surface area contributed by atoms with Gasteiger partial charge in [0.25, 0.3) is 0 Å². The standard InChI is InChI=1S/C13H19NO/c1-9-4-5-12(15-3)11(10(9)2)8-13(14)6-7-13/h4-5H,6-8,14H2,1-3H3. The zero-order valence-electron chi connectivity index (χ0n) is 9.76. The summed E-state index contributed by atoms with van der Waals surface area (Å²) < 4.78 is 5.40. The molecule has 0 saturated heterocycles. The van der Waals surface area contributed by atoms with Crippen LogP contribution in [-0.4, -0.2) is 12.6 Å². The van der Waals surface area contributed by atoms with Crippen molar-refractivity contribution in [1.82, 2.24) is 0 Å². The second kappa shape index (κ2) is 3.53. The van der Waals surface area contributed by atoms with E-state index in [2.05, 4.69) is 19.9 Å². The predicted octanol–water partition coefficient (Wildman–Crippen LogP) is 2.35. The molecule has 0 unspecified atom stereocenters. The number of ether oxygens (including phenoxy) is 1. The van der Waals surface area contributed by atoms with Crippen molar-refractivity contribution in [3.63, 3.8) is 0 Å². The van der Waals surface area contributed by atoms with Gasteiger partial charge < -0.3 is 10.5 Å². The molecule has 82 valence electrons. The van der Waals surface area contributed by atoms with Gasteiger partial charge in [-0.15, -0.1) is 0 Å². The largest absolute Gasteiger partial charge is 0.496 e. The molecule has 1 fully saturated rings. The lowest BCUT2D eigenvalue weighted by Crippen LogP contribution is -2.25. The van der Waals surface area contributed by atoms with Crippen LogP contribution in [0.4, 0.5) is 0 Å². The fourth-order valence-corrected chi connectivity index (χ4v) is 1.95. The summed E-state index contributed by atoms with van der Waals surface area (Å²) in [5.41, 5.74) is 10.1. The molecule has 0 heterocycles. The highest BCUT2D eigenvalue weighted by Crippen LogP contribution is 2.39. The van der Waals surface area contributed by atoms with Crippen LogP contribution >= 0.6 is 0 Å². The monoisotopic (exact) mass is 205 g/mol. The van der Waals surface area contributed by atoms with E-state index in [0.29, 0.717) is 0 Å². The maximum atomic E-state index is 6.17. The van der Waals surface area contributed by atoms with Crippen LogP contribution in [0.25, 0.3) is 0 Å². The van der Waals surface area contributed by atoms with Crippen molar-refractivity contribution < 1.29 is 4.74 Å². The summed E-state index contributed by atoms with van der Waals surface area (Å²) in [4.78, 5) is 0. The van der Waals surface area contributed by atoms with Crippen LogP contribution in [0, 0.1) is 13.8 Å². The Morgan fingerprint density at radius 1 is 1.33 bits per heavy atom. The molecule has 2 N–H and O–H groups in total. The third-order valence-electron chi connectivity index (χ3n) is 3.47. The molecule has 0 spiro atoms. The van der Waals surface area contributed by atoms with E-state index in [-0.39, 0.29) is 5.54 Å². The van der Waals surface area contributed by atoms with Gasteiger partial charge >= 0.3 is 0 Å². The number of rotatable bonds is 3. The Bertz CT molecular complexity index is 380. The lowest BCUT2D eigenvalue weighted by molar-refractivity contribution is 0.406. The molecule has 0 bridgehead atoms. The molecule has 1 aromatic rings. The Morgan fingerprint density at radius 2 is 2.00 bits per heavy atom. The molecule has 1 aromatic carbocycles. The summed E-state index contributed by atoms with van der Waals surface area (Å²) in [6.45, 7) is 4.29. The first-order valence-electron chi connectivity index (χ1n) is 5.48. The zero-order chi connectivity index (χ0) is 11.1. The third-order valence-corrected chi connectivity index (χ3v) is 3.47. The Labute approximate surface area is 91.4 Å². The Kier molecular flexibility index (Phi) is 2.47. The first-order valence-corrected chi connectivity index (χ1v) is 5.48. The predicted molar refractivity (Wildman–Crippen MR) is 62.3 cm³/mol. The van der Waals surface area contributed by atoms with Crippen LogP contribution in [0.5, 0.6) is 5.75 Å². The first-order chi connectivity index (χ1) is 7.06. The lowest BCUT2D eigenvalue weighted by atomic mass is 9.96. The normalized spacial score (nSPS) is 17.6. The summed E-state index contributed by atoms with van der Waals surface area (Å²) in [6, 6.07) is 4.15. The van der Waals surface area contributed by atoms with Gasteiger partial charge in [0.2, 0.25) is 0 Å². The van der Waals surface area contributed by atoms with Crippen LogP contribution in [-0.2, 0) is 6.42 Å². The van der Waals surface area contributed by atoms with E-state index >= 15 is 0 Å². The number of hydrogen-bond acceptors (Lipinski definition) is 2. The minimum Gasteiger partial charge on any atom is -0.496 e. The Hall–Kier alpha value is -1.02. The average Bonchev–Trinajstić information content (AvgIpc) is 2.92. The molecule has 1 saturated carbocycles. The number of benzene rings is 1. The molecule has 1 aliphatic carbocycles. The van der Waals surface area contributed by atoms with Crippen LogP contribution in [0.15, 0.2) is 12.1 Å². The van der Waals surface area contributed by atoms with Gasteiger partial charge in [0.05, 0.1) is 7.11 Å². The van der Waals surface area contributed by atoms with Crippen molar-refractivity contribution >= 4 is 0 Å². The van der Waals surface area contributed by atoms with Gasteiger partial charge in [-0.1, -0.05) is 6.07 Å². The Morgan fingerprint density at radius 3 is 2.53 bits per heavy atom. The summed E-state index contributed by atoms with van der Waals surface area (Å²) >= 11 is 0. The fourth-order valence-electron chi connectivity index (χ4n) is 1.95. The quantitative estimate of drug-likeness (QED) is 0.822. The second-order valence-electron chi connectivity index (χ2n) is 4.73. The number of aryl methyl sites for hydroxylation is 1. The number of hydrogen-bond donors (Lipinski definition) is 1. The molecule has 2 heteroatoms. The lowest BCUT2D eigenvalue weighted by Gasteiger charge is -2.16. The summed E-state index contributed by atoms with van der Waals surface area (Å²) in [5.74, 6) is 0.981. The maximum absolute atomic E-state index is 6.17. The van der Waals surface area contributed by atoms with Crippen LogP contribution in [0.3, 0.4) is 0 Å². The van der Waals surface area contributed by atoms with E-state index in [1.54, 1.807) is 7.11 Å². The van der Waals surface area contributed by atoms with Crippen molar-refractivity contribution in [2.24, 2.45) is 5.73 Å². The van der Waals surface area contributed by atoms with Crippen LogP contribution in [0.1, 0.15) is 29.5 Å². The van der Waals surface area contributed by atoms with Crippen molar-refractivity contribution in [2.75, 3.05) is 7.11 Å². The minimum absolute atomic E-state index is 0.0475. The first kappa shape index (κ1) is 10.5. The van der Waals surface area contributed by atoms with Crippen molar-refractivity contribution in [1.29, 1.82) is 0 Å². The van der Waals surface area contributed by atoms with E-state index in [9.17, 15) is 0 Å². The average molecular weight is 205 g/mol. The highest BCUT2D eigenvalue weighted by atomic mass is 16.5. The molecule has 0 aromatic heterocycles. The molecule has 15 heavy (non-hydrogen) atoms. The molecular formula is C13H19NO. The van der Waals surface area contributed by atoms with Gasteiger partial charge in [-0.05, 0) is 55.9 Å². The molecular weight excluding hydrogens is 186 g/mol. The molecule has 0 radical (unpaired) electrons. The smallest absolute Gasteiger partial charge is 0.122 e. The fraction of sp³-hybridized carbons (Fsp3) is 0.538. The van der Waals surface area contributed by atoms with Crippen molar-refractivity contribution in [2.45, 2.75) is 38.6 Å². The molecule has 1 aliphatic rings. The van der Waals surface area contributed by atoms with E-state index in [1.165, 1.54) is 16.7 Å². The van der Waals surface area contributed by atoms with Gasteiger partial charge in [0.15, 0.2) is 0 Å². The topological polar surface area (TPSA) is 35.2 Å². The second-order valence-corrected chi connectivity index (χ2v) is 4.73. The third kappa shape index (κ3) is 2.00. The van der Waals surface area contributed by atoms with Gasteiger partial charge in [-0.2, -0.15) is 0 Å². The van der Waals surface area contributed by atoms with Crippen molar-refractivity contribution in [3.8, 4) is 5.75 Å². The zero-order valence-corrected chi connectivity index (χ0v) is 9.76. The van der Waals surface area contributed by atoms with Gasteiger partial charge in [0, 0.05) is 5.54 Å². The molecule has 2 nitrogen and oxygen atoms in total. The van der Waals surface area contributed by atoms with Gasteiger partial charge in [0.1, 0.15) is 5.75 Å². The van der Waals surface area contributed by atoms with Crippen LogP contribution in [0.2, 0.25) is 0 Å². The van der Waals surface area contributed by atoms with Crippen LogP contribution < -0.4 is 10.5 Å². The van der Waals surface area contributed by atoms with Gasteiger partial charge in [-0.25, -0.2) is 0 Å².